The second kappa shape index (κ2) is 9.10. The number of halogens is 1. The van der Waals surface area contributed by atoms with Crippen LogP contribution in [0, 0.1) is 5.82 Å². The second-order valence-electron chi connectivity index (χ2n) is 7.58. The van der Waals surface area contributed by atoms with Gasteiger partial charge in [-0.2, -0.15) is 4.98 Å². The monoisotopic (exact) mass is 459 g/mol. The number of hydrogen-bond acceptors (Lipinski definition) is 6. The number of nitrogens with one attached hydrogen (secondary N) is 2. The highest BCUT2D eigenvalue weighted by atomic mass is 19.1. The molecule has 1 amide bonds. The molecular weight excluding hydrogens is 437 g/mol. The van der Waals surface area contributed by atoms with Crippen LogP contribution in [0.25, 0.3) is 11.0 Å². The summed E-state index contributed by atoms with van der Waals surface area (Å²) in [6, 6.07) is 2.44. The molecule has 0 bridgehead atoms. The summed E-state index contributed by atoms with van der Waals surface area (Å²) in [6.45, 7) is 1.74. The highest BCUT2D eigenvalue weighted by Crippen LogP contribution is 2.29. The van der Waals surface area contributed by atoms with Crippen LogP contribution < -0.4 is 11.3 Å². The van der Waals surface area contributed by atoms with Crippen molar-refractivity contribution in [3.05, 3.63) is 57.3 Å². The molecular formula is C21H22FN5O6. The zero-order chi connectivity index (χ0) is 24.4. The number of amides is 1. The van der Waals surface area contributed by atoms with E-state index in [0.717, 1.165) is 11.0 Å². The van der Waals surface area contributed by atoms with E-state index in [2.05, 4.69) is 15.0 Å². The Kier molecular flexibility index (Phi) is 6.47. The lowest BCUT2D eigenvalue weighted by Crippen LogP contribution is -2.43. The number of carbonyl (C=O) groups excluding carboxylic acids is 1. The van der Waals surface area contributed by atoms with Crippen LogP contribution in [0.4, 0.5) is 10.3 Å². The highest BCUT2D eigenvalue weighted by Gasteiger charge is 2.29. The lowest BCUT2D eigenvalue weighted by atomic mass is 9.92. The number of carboxylic acids is 2. The van der Waals surface area contributed by atoms with Crippen molar-refractivity contribution in [3.63, 3.8) is 0 Å². The van der Waals surface area contributed by atoms with Gasteiger partial charge < -0.3 is 25.8 Å². The van der Waals surface area contributed by atoms with Crippen molar-refractivity contribution in [3.8, 4) is 0 Å². The number of nitrogen functional groups attached to an aromatic ring is 1. The summed E-state index contributed by atoms with van der Waals surface area (Å²) < 4.78 is 14.9. The summed E-state index contributed by atoms with van der Waals surface area (Å²) in [4.78, 5) is 57.4. The summed E-state index contributed by atoms with van der Waals surface area (Å²) in [5, 5.41) is 18.4. The van der Waals surface area contributed by atoms with E-state index in [1.807, 2.05) is 0 Å². The fourth-order valence-electron chi connectivity index (χ4n) is 3.65. The maximum atomic E-state index is 14.9. The van der Waals surface area contributed by atoms with Gasteiger partial charge in [0, 0.05) is 25.6 Å². The van der Waals surface area contributed by atoms with Gasteiger partial charge in [0.15, 0.2) is 0 Å². The summed E-state index contributed by atoms with van der Waals surface area (Å²) >= 11 is 0. The standard InChI is InChI=1S/C21H22FN5O6/c1-9(12-8-24-17-16(12)18(30)26-21(23)25-17)10-3-4-11(13(22)7-10)19(31)27(2)14(20(32)33)5-6-15(28)29/h3-4,7-9,14H,5-6H2,1-2H3,(H,28,29)(H,32,33)(H4,23,24,25,26,30)/t9?,14-/m0/s1. The minimum Gasteiger partial charge on any atom is -0.481 e. The highest BCUT2D eigenvalue weighted by molar-refractivity contribution is 5.97. The molecule has 0 fully saturated rings. The molecule has 6 N–H and O–H groups in total. The van der Waals surface area contributed by atoms with Crippen molar-refractivity contribution in [1.82, 2.24) is 19.9 Å². The van der Waals surface area contributed by atoms with Crippen LogP contribution in [0.1, 0.15) is 47.2 Å². The Morgan fingerprint density at radius 2 is 1.97 bits per heavy atom. The number of rotatable bonds is 8. The number of aliphatic carboxylic acids is 2. The Bertz CT molecular complexity index is 1300. The lowest BCUT2D eigenvalue weighted by molar-refractivity contribution is -0.143. The molecule has 2 heterocycles. The molecule has 0 aliphatic heterocycles. The summed E-state index contributed by atoms with van der Waals surface area (Å²) in [7, 11) is 1.18. The van der Waals surface area contributed by atoms with Crippen molar-refractivity contribution in [2.45, 2.75) is 31.7 Å². The van der Waals surface area contributed by atoms with Crippen molar-refractivity contribution in [2.24, 2.45) is 0 Å². The lowest BCUT2D eigenvalue weighted by Gasteiger charge is -2.25. The van der Waals surface area contributed by atoms with E-state index in [4.69, 9.17) is 10.8 Å². The van der Waals surface area contributed by atoms with Gasteiger partial charge in [0.05, 0.1) is 10.9 Å². The van der Waals surface area contributed by atoms with Crippen molar-refractivity contribution < 1.29 is 29.0 Å². The number of carboxylic acid groups (broad SMARTS) is 2. The topological polar surface area (TPSA) is 182 Å². The van der Waals surface area contributed by atoms with Gasteiger partial charge in [-0.3, -0.25) is 19.4 Å². The molecule has 0 saturated carbocycles. The second-order valence-corrected chi connectivity index (χ2v) is 7.58. The molecule has 1 unspecified atom stereocenters. The van der Waals surface area contributed by atoms with Gasteiger partial charge in [0.1, 0.15) is 17.5 Å². The number of benzene rings is 1. The molecule has 0 aliphatic rings. The zero-order valence-corrected chi connectivity index (χ0v) is 17.8. The number of nitrogens with zero attached hydrogens (tertiary/aromatic N) is 2. The van der Waals surface area contributed by atoms with Gasteiger partial charge in [0.25, 0.3) is 11.5 Å². The third-order valence-corrected chi connectivity index (χ3v) is 5.49. The van der Waals surface area contributed by atoms with Crippen LogP contribution in [0.3, 0.4) is 0 Å². The largest absolute Gasteiger partial charge is 0.481 e. The number of aromatic nitrogens is 3. The van der Waals surface area contributed by atoms with Crippen LogP contribution >= 0.6 is 0 Å². The quantitative estimate of drug-likeness (QED) is 0.336. The molecule has 0 spiro atoms. The maximum Gasteiger partial charge on any atom is 0.326 e. The Morgan fingerprint density at radius 1 is 1.27 bits per heavy atom. The smallest absolute Gasteiger partial charge is 0.326 e. The van der Waals surface area contributed by atoms with E-state index in [1.54, 1.807) is 13.1 Å². The Morgan fingerprint density at radius 3 is 2.58 bits per heavy atom. The average molecular weight is 459 g/mol. The molecule has 11 nitrogen and oxygen atoms in total. The number of anilines is 1. The zero-order valence-electron chi connectivity index (χ0n) is 17.8. The molecule has 1 aromatic carbocycles. The number of aromatic amines is 2. The van der Waals surface area contributed by atoms with E-state index in [1.165, 1.54) is 19.2 Å². The first-order chi connectivity index (χ1) is 15.5. The van der Waals surface area contributed by atoms with Gasteiger partial charge in [-0.25, -0.2) is 9.18 Å². The van der Waals surface area contributed by atoms with E-state index in [0.29, 0.717) is 11.1 Å². The number of carbonyl (C=O) groups is 3. The maximum absolute atomic E-state index is 14.9. The molecule has 3 aromatic rings. The van der Waals surface area contributed by atoms with Crippen molar-refractivity contribution >= 4 is 34.8 Å². The van der Waals surface area contributed by atoms with Gasteiger partial charge in [0.2, 0.25) is 5.95 Å². The Hall–Kier alpha value is -4.22. The fraction of sp³-hybridized carbons (Fsp3) is 0.286. The van der Waals surface area contributed by atoms with Crippen LogP contribution in [0.2, 0.25) is 0 Å². The fourth-order valence-corrected chi connectivity index (χ4v) is 3.65. The van der Waals surface area contributed by atoms with Crippen molar-refractivity contribution in [2.75, 3.05) is 12.8 Å². The number of hydrogen-bond donors (Lipinski definition) is 5. The van der Waals surface area contributed by atoms with Gasteiger partial charge >= 0.3 is 11.9 Å². The minimum absolute atomic E-state index is 0.0467. The van der Waals surface area contributed by atoms with E-state index < -0.39 is 47.6 Å². The van der Waals surface area contributed by atoms with Crippen molar-refractivity contribution in [1.29, 1.82) is 0 Å². The summed E-state index contributed by atoms with van der Waals surface area (Å²) in [5.41, 5.74) is 6.04. The van der Waals surface area contributed by atoms with E-state index in [-0.39, 0.29) is 29.0 Å². The Balaban J connectivity index is 1.89. The van der Waals surface area contributed by atoms with Crippen LogP contribution in [0.5, 0.6) is 0 Å². The molecule has 2 atom stereocenters. The Labute approximate surface area is 186 Å². The molecule has 0 aliphatic carbocycles. The number of nitrogens with two attached hydrogens (primary N) is 1. The third kappa shape index (κ3) is 4.68. The normalized spacial score (nSPS) is 12.9. The van der Waals surface area contributed by atoms with Gasteiger partial charge in [-0.05, 0) is 29.7 Å². The minimum atomic E-state index is -1.43. The predicted molar refractivity (Wildman–Crippen MR) is 115 cm³/mol. The predicted octanol–water partition coefficient (Wildman–Crippen LogP) is 1.51. The van der Waals surface area contributed by atoms with Crippen LogP contribution in [-0.2, 0) is 9.59 Å². The number of H-pyrrole nitrogens is 2. The first-order valence-corrected chi connectivity index (χ1v) is 9.89. The van der Waals surface area contributed by atoms with Crippen LogP contribution in [0.15, 0.2) is 29.2 Å². The molecule has 174 valence electrons. The summed E-state index contributed by atoms with van der Waals surface area (Å²) in [6.07, 6.45) is 0.788. The van der Waals surface area contributed by atoms with Crippen LogP contribution in [-0.4, -0.2) is 61.0 Å². The summed E-state index contributed by atoms with van der Waals surface area (Å²) in [5.74, 6) is -4.88. The average Bonchev–Trinajstić information content (AvgIpc) is 3.16. The van der Waals surface area contributed by atoms with E-state index in [9.17, 15) is 28.7 Å². The van der Waals surface area contributed by atoms with Gasteiger partial charge in [-0.15, -0.1) is 0 Å². The molecule has 12 heteroatoms. The molecule has 33 heavy (non-hydrogen) atoms. The molecule has 0 radical (unpaired) electrons. The van der Waals surface area contributed by atoms with E-state index >= 15 is 0 Å². The molecule has 0 saturated heterocycles. The first kappa shape index (κ1) is 23.4. The molecule has 2 aromatic heterocycles. The molecule has 3 rings (SSSR count). The first-order valence-electron chi connectivity index (χ1n) is 9.89. The number of fused-ring (bicyclic) bond motifs is 1. The van der Waals surface area contributed by atoms with Gasteiger partial charge in [-0.1, -0.05) is 13.0 Å². The SMILES string of the molecule is CC(c1ccc(C(=O)N(C)[C@@H](CCC(=O)O)C(=O)O)c(F)c1)c1c[nH]c2nc(N)[nH]c(=O)c12. The third-order valence-electron chi connectivity index (χ3n) is 5.49. The number of likely N-dealkylation sites (N-methyl/N-ethyl adjacent to an activating group) is 1.